The molecular weight excluding hydrogens is 238 g/mol. The summed E-state index contributed by atoms with van der Waals surface area (Å²) in [5.41, 5.74) is 2.22. The van der Waals surface area contributed by atoms with Gasteiger partial charge in [0.1, 0.15) is 18.5 Å². The molecule has 0 aliphatic carbocycles. The van der Waals surface area contributed by atoms with E-state index in [4.69, 9.17) is 4.74 Å². The van der Waals surface area contributed by atoms with Gasteiger partial charge in [-0.25, -0.2) is 0 Å². The van der Waals surface area contributed by atoms with Gasteiger partial charge in [-0.05, 0) is 37.4 Å². The molecule has 0 bridgehead atoms. The number of hydrogen-bond donors (Lipinski definition) is 2. The van der Waals surface area contributed by atoms with Gasteiger partial charge in [0.05, 0.1) is 0 Å². The zero-order chi connectivity index (χ0) is 14.3. The largest absolute Gasteiger partial charge is 0.490 e. The fourth-order valence-corrected chi connectivity index (χ4v) is 1.91. The Kier molecular flexibility index (Phi) is 6.89. The standard InChI is InChI=1S/C16H27NO2/c1-5-12(2)9-17-10-15(18)11-19-16-13(3)7-6-8-14(16)4/h6-8,12,15,17-18H,5,9-11H2,1-4H3. The highest BCUT2D eigenvalue weighted by Gasteiger charge is 2.08. The SMILES string of the molecule is CCC(C)CNCC(O)COc1c(C)cccc1C. The van der Waals surface area contributed by atoms with Crippen molar-refractivity contribution in [2.24, 2.45) is 5.92 Å². The molecule has 3 heteroatoms. The lowest BCUT2D eigenvalue weighted by Crippen LogP contribution is -2.33. The third-order valence-electron chi connectivity index (χ3n) is 3.40. The van der Waals surface area contributed by atoms with Crippen LogP contribution in [-0.2, 0) is 0 Å². The number of benzene rings is 1. The molecule has 19 heavy (non-hydrogen) atoms. The first-order valence-corrected chi connectivity index (χ1v) is 7.12. The second kappa shape index (κ2) is 8.18. The van der Waals surface area contributed by atoms with Crippen molar-refractivity contribution >= 4 is 0 Å². The second-order valence-corrected chi connectivity index (χ2v) is 5.36. The summed E-state index contributed by atoms with van der Waals surface area (Å²) in [6.07, 6.45) is 0.685. The number of rotatable bonds is 8. The predicted octanol–water partition coefficient (Wildman–Crippen LogP) is 2.68. The highest BCUT2D eigenvalue weighted by molar-refractivity contribution is 5.39. The van der Waals surface area contributed by atoms with E-state index in [1.807, 2.05) is 32.0 Å². The first kappa shape index (κ1) is 16.0. The maximum Gasteiger partial charge on any atom is 0.125 e. The van der Waals surface area contributed by atoms with E-state index in [1.165, 1.54) is 0 Å². The van der Waals surface area contributed by atoms with Gasteiger partial charge in [0.2, 0.25) is 0 Å². The number of aliphatic hydroxyl groups is 1. The zero-order valence-corrected chi connectivity index (χ0v) is 12.6. The van der Waals surface area contributed by atoms with Crippen molar-refractivity contribution in [2.45, 2.75) is 40.2 Å². The summed E-state index contributed by atoms with van der Waals surface area (Å²) >= 11 is 0. The van der Waals surface area contributed by atoms with Crippen LogP contribution in [0.5, 0.6) is 5.75 Å². The summed E-state index contributed by atoms with van der Waals surface area (Å²) in [5, 5.41) is 13.2. The summed E-state index contributed by atoms with van der Waals surface area (Å²) in [6.45, 7) is 10.3. The van der Waals surface area contributed by atoms with Crippen LogP contribution in [0.15, 0.2) is 18.2 Å². The highest BCUT2D eigenvalue weighted by atomic mass is 16.5. The van der Waals surface area contributed by atoms with Crippen LogP contribution in [0.2, 0.25) is 0 Å². The van der Waals surface area contributed by atoms with Crippen LogP contribution >= 0.6 is 0 Å². The van der Waals surface area contributed by atoms with Gasteiger partial charge in [0.25, 0.3) is 0 Å². The average Bonchev–Trinajstić information content (AvgIpc) is 2.38. The predicted molar refractivity (Wildman–Crippen MR) is 79.7 cm³/mol. The topological polar surface area (TPSA) is 41.5 Å². The minimum absolute atomic E-state index is 0.333. The molecule has 0 spiro atoms. The molecule has 0 heterocycles. The maximum atomic E-state index is 9.89. The molecule has 0 amide bonds. The average molecular weight is 265 g/mol. The Bertz CT molecular complexity index is 359. The Labute approximate surface area is 117 Å². The smallest absolute Gasteiger partial charge is 0.125 e. The van der Waals surface area contributed by atoms with E-state index in [2.05, 4.69) is 19.2 Å². The first-order chi connectivity index (χ1) is 9.04. The molecule has 0 saturated heterocycles. The Morgan fingerprint density at radius 3 is 2.42 bits per heavy atom. The number of aliphatic hydroxyl groups excluding tert-OH is 1. The lowest BCUT2D eigenvalue weighted by molar-refractivity contribution is 0.105. The molecule has 0 aliphatic heterocycles. The third kappa shape index (κ3) is 5.62. The van der Waals surface area contributed by atoms with Crippen molar-refractivity contribution in [1.82, 2.24) is 5.32 Å². The van der Waals surface area contributed by atoms with E-state index in [-0.39, 0.29) is 0 Å². The van der Waals surface area contributed by atoms with E-state index in [0.717, 1.165) is 29.8 Å². The fourth-order valence-electron chi connectivity index (χ4n) is 1.91. The monoisotopic (exact) mass is 265 g/mol. The number of ether oxygens (including phenoxy) is 1. The first-order valence-electron chi connectivity index (χ1n) is 7.12. The van der Waals surface area contributed by atoms with E-state index in [1.54, 1.807) is 0 Å². The quantitative estimate of drug-likeness (QED) is 0.759. The van der Waals surface area contributed by atoms with Crippen molar-refractivity contribution in [3.63, 3.8) is 0 Å². The Hall–Kier alpha value is -1.06. The summed E-state index contributed by atoms with van der Waals surface area (Å²) < 4.78 is 5.72. The van der Waals surface area contributed by atoms with Crippen LogP contribution in [-0.4, -0.2) is 30.9 Å². The number of para-hydroxylation sites is 1. The zero-order valence-electron chi connectivity index (χ0n) is 12.6. The molecule has 2 atom stereocenters. The van der Waals surface area contributed by atoms with Gasteiger partial charge in [-0.3, -0.25) is 0 Å². The molecule has 1 aromatic rings. The molecule has 0 saturated carbocycles. The Morgan fingerprint density at radius 1 is 1.21 bits per heavy atom. The van der Waals surface area contributed by atoms with Gasteiger partial charge >= 0.3 is 0 Å². The van der Waals surface area contributed by atoms with Gasteiger partial charge in [-0.1, -0.05) is 38.5 Å². The highest BCUT2D eigenvalue weighted by Crippen LogP contribution is 2.22. The molecule has 2 N–H and O–H groups in total. The Morgan fingerprint density at radius 2 is 1.84 bits per heavy atom. The van der Waals surface area contributed by atoms with Crippen molar-refractivity contribution in [2.75, 3.05) is 19.7 Å². The lowest BCUT2D eigenvalue weighted by atomic mass is 10.1. The van der Waals surface area contributed by atoms with Gasteiger partial charge < -0.3 is 15.2 Å². The lowest BCUT2D eigenvalue weighted by Gasteiger charge is -2.17. The molecule has 3 nitrogen and oxygen atoms in total. The van der Waals surface area contributed by atoms with Crippen LogP contribution in [0.25, 0.3) is 0 Å². The molecule has 2 unspecified atom stereocenters. The maximum absolute atomic E-state index is 9.89. The van der Waals surface area contributed by atoms with E-state index >= 15 is 0 Å². The van der Waals surface area contributed by atoms with Gasteiger partial charge in [0.15, 0.2) is 0 Å². The van der Waals surface area contributed by atoms with Crippen molar-refractivity contribution in [3.8, 4) is 5.75 Å². The molecule has 108 valence electrons. The molecule has 1 rings (SSSR count). The summed E-state index contributed by atoms with van der Waals surface area (Å²) in [6, 6.07) is 6.06. The van der Waals surface area contributed by atoms with Crippen LogP contribution in [0.4, 0.5) is 0 Å². The molecule has 0 radical (unpaired) electrons. The van der Waals surface area contributed by atoms with Crippen molar-refractivity contribution in [1.29, 1.82) is 0 Å². The van der Waals surface area contributed by atoms with Crippen molar-refractivity contribution in [3.05, 3.63) is 29.3 Å². The van der Waals surface area contributed by atoms with E-state index < -0.39 is 6.10 Å². The van der Waals surface area contributed by atoms with Gasteiger partial charge in [0, 0.05) is 6.54 Å². The van der Waals surface area contributed by atoms with Gasteiger partial charge in [-0.2, -0.15) is 0 Å². The summed E-state index contributed by atoms with van der Waals surface area (Å²) in [7, 11) is 0. The normalized spacial score (nSPS) is 14.2. The third-order valence-corrected chi connectivity index (χ3v) is 3.40. The molecule has 1 aromatic carbocycles. The minimum Gasteiger partial charge on any atom is -0.490 e. The molecule has 0 fully saturated rings. The summed E-state index contributed by atoms with van der Waals surface area (Å²) in [5.74, 6) is 1.54. The second-order valence-electron chi connectivity index (χ2n) is 5.36. The van der Waals surface area contributed by atoms with E-state index in [0.29, 0.717) is 19.1 Å². The van der Waals surface area contributed by atoms with Crippen LogP contribution in [0.3, 0.4) is 0 Å². The van der Waals surface area contributed by atoms with Gasteiger partial charge in [-0.15, -0.1) is 0 Å². The van der Waals surface area contributed by atoms with Crippen LogP contribution < -0.4 is 10.1 Å². The number of nitrogens with one attached hydrogen (secondary N) is 1. The summed E-state index contributed by atoms with van der Waals surface area (Å²) in [4.78, 5) is 0. The number of hydrogen-bond acceptors (Lipinski definition) is 3. The van der Waals surface area contributed by atoms with E-state index in [9.17, 15) is 5.11 Å². The number of aryl methyl sites for hydroxylation is 2. The molecule has 0 aromatic heterocycles. The Balaban J connectivity index is 2.32. The molecular formula is C16H27NO2. The van der Waals surface area contributed by atoms with Crippen LogP contribution in [0, 0.1) is 19.8 Å². The van der Waals surface area contributed by atoms with Crippen LogP contribution in [0.1, 0.15) is 31.4 Å². The molecule has 0 aliphatic rings. The van der Waals surface area contributed by atoms with Crippen molar-refractivity contribution < 1.29 is 9.84 Å². The fraction of sp³-hybridized carbons (Fsp3) is 0.625. The minimum atomic E-state index is -0.469.